The number of aromatic nitrogens is 1. The number of likely N-dealkylation sites (N-methyl/N-ethyl adjacent to an activating group) is 1. The quantitative estimate of drug-likeness (QED) is 0.548. The molecule has 0 saturated carbocycles. The number of carbonyl (C=O) groups excluding carboxylic acids is 1. The number of carbonyl (C=O) groups is 1. The second-order valence-corrected chi connectivity index (χ2v) is 2.50. The largest absolute Gasteiger partial charge is 0.354 e. The molecule has 4 heteroatoms. The molecule has 4 nitrogen and oxygen atoms in total. The molecule has 0 fully saturated rings. The average molecular weight is 187 g/mol. The molecule has 0 atom stereocenters. The molecule has 0 saturated heterocycles. The smallest absolute Gasteiger partial charge is 0.261 e. The van der Waals surface area contributed by atoms with E-state index in [9.17, 15) is 4.79 Å². The number of pyridine rings is 1. The summed E-state index contributed by atoms with van der Waals surface area (Å²) in [5.74, 6) is -0.404. The molecule has 0 spiro atoms. The summed E-state index contributed by atoms with van der Waals surface area (Å²) in [6.07, 6.45) is 3.05. The van der Waals surface area contributed by atoms with Crippen LogP contribution in [-0.4, -0.2) is 17.9 Å². The van der Waals surface area contributed by atoms with Gasteiger partial charge in [-0.25, -0.2) is 0 Å². The molecule has 1 aromatic rings. The van der Waals surface area contributed by atoms with Gasteiger partial charge in [-0.3, -0.25) is 9.78 Å². The van der Waals surface area contributed by atoms with Crippen molar-refractivity contribution >= 4 is 12.0 Å². The molecule has 0 aliphatic carbocycles. The van der Waals surface area contributed by atoms with Crippen LogP contribution in [0.5, 0.6) is 0 Å². The van der Waals surface area contributed by atoms with E-state index in [1.807, 2.05) is 6.07 Å². The van der Waals surface area contributed by atoms with Gasteiger partial charge in [0, 0.05) is 13.2 Å². The number of rotatable bonds is 2. The third kappa shape index (κ3) is 2.42. The second kappa shape index (κ2) is 4.77. The van der Waals surface area contributed by atoms with Crippen LogP contribution >= 0.6 is 0 Å². The lowest BCUT2D eigenvalue weighted by molar-refractivity contribution is -0.116. The van der Waals surface area contributed by atoms with Gasteiger partial charge in [-0.05, 0) is 18.2 Å². The fraction of sp³-hybridized carbons (Fsp3) is 0.100. The summed E-state index contributed by atoms with van der Waals surface area (Å²) in [4.78, 5) is 15.1. The molecule has 1 heterocycles. The van der Waals surface area contributed by atoms with Crippen LogP contribution < -0.4 is 5.32 Å². The van der Waals surface area contributed by atoms with Crippen LogP contribution in [-0.2, 0) is 4.79 Å². The first-order valence-electron chi connectivity index (χ1n) is 4.03. The summed E-state index contributed by atoms with van der Waals surface area (Å²) in [7, 11) is 1.48. The Morgan fingerprint density at radius 1 is 1.64 bits per heavy atom. The van der Waals surface area contributed by atoms with E-state index in [0.29, 0.717) is 5.69 Å². The van der Waals surface area contributed by atoms with Crippen LogP contribution in [0.1, 0.15) is 5.69 Å². The summed E-state index contributed by atoms with van der Waals surface area (Å²) in [6, 6.07) is 7.09. The fourth-order valence-corrected chi connectivity index (χ4v) is 0.892. The Hall–Kier alpha value is -2.15. The molecule has 70 valence electrons. The van der Waals surface area contributed by atoms with Crippen molar-refractivity contribution in [2.75, 3.05) is 7.05 Å². The Bertz CT molecular complexity index is 390. The summed E-state index contributed by atoms with van der Waals surface area (Å²) >= 11 is 0. The molecule has 1 N–H and O–H groups in total. The van der Waals surface area contributed by atoms with Crippen LogP contribution in [0.3, 0.4) is 0 Å². The number of nitrogens with zero attached hydrogens (tertiary/aromatic N) is 2. The first kappa shape index (κ1) is 9.93. The number of nitrogens with one attached hydrogen (secondary N) is 1. The van der Waals surface area contributed by atoms with Gasteiger partial charge in [-0.2, -0.15) is 5.26 Å². The zero-order valence-corrected chi connectivity index (χ0v) is 7.69. The predicted molar refractivity (Wildman–Crippen MR) is 51.9 cm³/mol. The first-order valence-corrected chi connectivity index (χ1v) is 4.03. The molecular weight excluding hydrogens is 178 g/mol. The van der Waals surface area contributed by atoms with Crippen molar-refractivity contribution in [3.05, 3.63) is 35.7 Å². The van der Waals surface area contributed by atoms with E-state index in [1.165, 1.54) is 13.1 Å². The minimum atomic E-state index is -0.404. The molecule has 0 unspecified atom stereocenters. The van der Waals surface area contributed by atoms with Crippen molar-refractivity contribution in [3.63, 3.8) is 0 Å². The van der Waals surface area contributed by atoms with E-state index < -0.39 is 5.91 Å². The Labute approximate surface area is 81.9 Å². The van der Waals surface area contributed by atoms with Gasteiger partial charge < -0.3 is 5.32 Å². The van der Waals surface area contributed by atoms with E-state index in [1.54, 1.807) is 24.4 Å². The van der Waals surface area contributed by atoms with E-state index >= 15 is 0 Å². The third-order valence-corrected chi connectivity index (χ3v) is 1.57. The molecule has 0 radical (unpaired) electrons. The third-order valence-electron chi connectivity index (χ3n) is 1.57. The second-order valence-electron chi connectivity index (χ2n) is 2.50. The van der Waals surface area contributed by atoms with Crippen LogP contribution in [0.2, 0.25) is 0 Å². The monoisotopic (exact) mass is 187 g/mol. The van der Waals surface area contributed by atoms with Crippen molar-refractivity contribution in [2.24, 2.45) is 0 Å². The van der Waals surface area contributed by atoms with Gasteiger partial charge in [0.05, 0.1) is 5.69 Å². The van der Waals surface area contributed by atoms with Crippen LogP contribution in [0.4, 0.5) is 0 Å². The van der Waals surface area contributed by atoms with Crippen molar-refractivity contribution in [3.8, 4) is 6.07 Å². The molecule has 14 heavy (non-hydrogen) atoms. The lowest BCUT2D eigenvalue weighted by Gasteiger charge is -1.96. The number of nitriles is 1. The van der Waals surface area contributed by atoms with E-state index in [2.05, 4.69) is 10.3 Å². The highest BCUT2D eigenvalue weighted by Crippen LogP contribution is 2.02. The molecule has 0 aliphatic rings. The summed E-state index contributed by atoms with van der Waals surface area (Å²) < 4.78 is 0. The SMILES string of the molecule is CNC(=O)/C(C#N)=C\c1ccccn1. The van der Waals surface area contributed by atoms with Crippen molar-refractivity contribution in [1.82, 2.24) is 10.3 Å². The van der Waals surface area contributed by atoms with Crippen molar-refractivity contribution in [2.45, 2.75) is 0 Å². The Morgan fingerprint density at radius 2 is 2.43 bits per heavy atom. The minimum absolute atomic E-state index is 0.0474. The van der Waals surface area contributed by atoms with Gasteiger partial charge in [0.2, 0.25) is 0 Å². The zero-order valence-electron chi connectivity index (χ0n) is 7.69. The maximum atomic E-state index is 11.1. The van der Waals surface area contributed by atoms with Gasteiger partial charge in [0.25, 0.3) is 5.91 Å². The standard InChI is InChI=1S/C10H9N3O/c1-12-10(14)8(7-11)6-9-4-2-3-5-13-9/h2-6H,1H3,(H,12,14)/b8-6-. The molecule has 1 amide bonds. The Morgan fingerprint density at radius 3 is 2.93 bits per heavy atom. The molecule has 0 aromatic carbocycles. The molecule has 1 aromatic heterocycles. The van der Waals surface area contributed by atoms with E-state index in [-0.39, 0.29) is 5.57 Å². The highest BCUT2D eigenvalue weighted by molar-refractivity contribution is 6.01. The highest BCUT2D eigenvalue weighted by atomic mass is 16.1. The Balaban J connectivity index is 2.97. The summed E-state index contributed by atoms with van der Waals surface area (Å²) in [5, 5.41) is 11.1. The van der Waals surface area contributed by atoms with Gasteiger partial charge >= 0.3 is 0 Å². The van der Waals surface area contributed by atoms with Crippen LogP contribution in [0, 0.1) is 11.3 Å². The number of hydrogen-bond donors (Lipinski definition) is 1. The fourth-order valence-electron chi connectivity index (χ4n) is 0.892. The normalized spacial score (nSPS) is 10.4. The van der Waals surface area contributed by atoms with Gasteiger partial charge in [0.15, 0.2) is 0 Å². The summed E-state index contributed by atoms with van der Waals surface area (Å²) in [6.45, 7) is 0. The topological polar surface area (TPSA) is 65.8 Å². The Kier molecular flexibility index (Phi) is 3.39. The number of hydrogen-bond acceptors (Lipinski definition) is 3. The highest BCUT2D eigenvalue weighted by Gasteiger charge is 2.05. The average Bonchev–Trinajstić information content (AvgIpc) is 2.26. The van der Waals surface area contributed by atoms with Crippen LogP contribution in [0.25, 0.3) is 6.08 Å². The molecular formula is C10H9N3O. The molecule has 0 aliphatic heterocycles. The molecule has 1 rings (SSSR count). The van der Waals surface area contributed by atoms with Gasteiger partial charge in [0.1, 0.15) is 11.6 Å². The zero-order chi connectivity index (χ0) is 10.4. The van der Waals surface area contributed by atoms with Crippen LogP contribution in [0.15, 0.2) is 30.0 Å². The van der Waals surface area contributed by atoms with Crippen molar-refractivity contribution < 1.29 is 4.79 Å². The molecule has 0 bridgehead atoms. The van der Waals surface area contributed by atoms with Gasteiger partial charge in [-0.15, -0.1) is 0 Å². The number of amides is 1. The lowest BCUT2D eigenvalue weighted by Crippen LogP contribution is -2.19. The van der Waals surface area contributed by atoms with E-state index in [4.69, 9.17) is 5.26 Å². The van der Waals surface area contributed by atoms with Crippen molar-refractivity contribution in [1.29, 1.82) is 5.26 Å². The minimum Gasteiger partial charge on any atom is -0.354 e. The van der Waals surface area contributed by atoms with E-state index in [0.717, 1.165) is 0 Å². The maximum Gasteiger partial charge on any atom is 0.261 e. The summed E-state index contributed by atoms with van der Waals surface area (Å²) in [5.41, 5.74) is 0.638. The first-order chi connectivity index (χ1) is 6.77. The predicted octanol–water partition coefficient (Wildman–Crippen LogP) is 0.735. The lowest BCUT2D eigenvalue weighted by atomic mass is 10.2. The maximum absolute atomic E-state index is 11.1. The van der Waals surface area contributed by atoms with Gasteiger partial charge in [-0.1, -0.05) is 6.07 Å².